The fourth-order valence-corrected chi connectivity index (χ4v) is 2.26. The summed E-state index contributed by atoms with van der Waals surface area (Å²) in [5.74, 6) is -0.127. The smallest absolute Gasteiger partial charge is 0.276 e. The Morgan fingerprint density at radius 3 is 2.95 bits per heavy atom. The van der Waals surface area contributed by atoms with E-state index in [1.807, 2.05) is 6.92 Å². The van der Waals surface area contributed by atoms with Crippen molar-refractivity contribution in [3.05, 3.63) is 34.5 Å². The number of hydrogen-bond acceptors (Lipinski definition) is 3. The van der Waals surface area contributed by atoms with Gasteiger partial charge in [-0.1, -0.05) is 18.5 Å². The lowest BCUT2D eigenvalue weighted by Crippen LogP contribution is -2.31. The lowest BCUT2D eigenvalue weighted by atomic mass is 10.1. The number of nitrogens with zero attached hydrogens (tertiary/aromatic N) is 1. The molecule has 2 N–H and O–H groups in total. The maximum atomic E-state index is 12.1. The molecule has 1 aromatic carbocycles. The molecule has 1 saturated heterocycles. The van der Waals surface area contributed by atoms with Crippen LogP contribution in [0.2, 0.25) is 5.02 Å². The van der Waals surface area contributed by atoms with Crippen LogP contribution < -0.4 is 5.32 Å². The molecule has 19 heavy (non-hydrogen) atoms. The molecule has 4 nitrogen and oxygen atoms in total. The van der Waals surface area contributed by atoms with Gasteiger partial charge in [0.1, 0.15) is 11.4 Å². The second-order valence-corrected chi connectivity index (χ2v) is 4.97. The zero-order valence-electron chi connectivity index (χ0n) is 10.3. The van der Waals surface area contributed by atoms with Gasteiger partial charge in [-0.05, 0) is 42.9 Å². The van der Waals surface area contributed by atoms with Crippen molar-refractivity contribution in [3.8, 4) is 5.75 Å². The third-order valence-electron chi connectivity index (χ3n) is 2.70. The first-order chi connectivity index (χ1) is 9.02. The van der Waals surface area contributed by atoms with E-state index < -0.39 is 0 Å². The van der Waals surface area contributed by atoms with E-state index in [-0.39, 0.29) is 11.7 Å². The largest absolute Gasteiger partial charge is 0.507 e. The Morgan fingerprint density at radius 2 is 2.26 bits per heavy atom. The first-order valence-corrected chi connectivity index (χ1v) is 6.64. The average molecular weight is 297 g/mol. The molecule has 2 rings (SSSR count). The van der Waals surface area contributed by atoms with Gasteiger partial charge in [0, 0.05) is 17.1 Å². The Bertz CT molecular complexity index is 572. The highest BCUT2D eigenvalue weighted by Crippen LogP contribution is 2.25. The maximum absolute atomic E-state index is 12.1. The van der Waals surface area contributed by atoms with Crippen LogP contribution in [0.1, 0.15) is 18.9 Å². The van der Waals surface area contributed by atoms with E-state index in [0.29, 0.717) is 27.9 Å². The SMILES string of the molecule is CCCN1C(=O)/C(=C\c2cc(Cl)ccc2O)NC1=S. The Kier molecular flexibility index (Phi) is 4.07. The number of thiocarbonyl (C=S) groups is 1. The lowest BCUT2D eigenvalue weighted by molar-refractivity contribution is -0.122. The summed E-state index contributed by atoms with van der Waals surface area (Å²) in [6.07, 6.45) is 2.37. The molecule has 1 aromatic rings. The minimum atomic E-state index is -0.189. The minimum absolute atomic E-state index is 0.0614. The first-order valence-electron chi connectivity index (χ1n) is 5.86. The first kappa shape index (κ1) is 13.8. The van der Waals surface area contributed by atoms with Crippen molar-refractivity contribution in [2.75, 3.05) is 6.54 Å². The van der Waals surface area contributed by atoms with Gasteiger partial charge in [-0.2, -0.15) is 0 Å². The number of nitrogens with one attached hydrogen (secondary N) is 1. The van der Waals surface area contributed by atoms with Gasteiger partial charge in [0.2, 0.25) is 0 Å². The molecule has 0 aromatic heterocycles. The monoisotopic (exact) mass is 296 g/mol. The number of aromatic hydroxyl groups is 1. The quantitative estimate of drug-likeness (QED) is 0.665. The molecule has 1 aliphatic rings. The van der Waals surface area contributed by atoms with Gasteiger partial charge in [-0.25, -0.2) is 0 Å². The Morgan fingerprint density at radius 1 is 1.53 bits per heavy atom. The number of hydrogen-bond donors (Lipinski definition) is 2. The summed E-state index contributed by atoms with van der Waals surface area (Å²) < 4.78 is 0. The van der Waals surface area contributed by atoms with Crippen LogP contribution in [0.3, 0.4) is 0 Å². The lowest BCUT2D eigenvalue weighted by Gasteiger charge is -2.11. The van der Waals surface area contributed by atoms with Crippen LogP contribution in [0, 0.1) is 0 Å². The van der Waals surface area contributed by atoms with E-state index in [1.54, 1.807) is 18.2 Å². The van der Waals surface area contributed by atoms with Gasteiger partial charge >= 0.3 is 0 Å². The van der Waals surface area contributed by atoms with Crippen LogP contribution >= 0.6 is 23.8 Å². The molecule has 1 aliphatic heterocycles. The third-order valence-corrected chi connectivity index (χ3v) is 3.26. The molecule has 0 bridgehead atoms. The summed E-state index contributed by atoms with van der Waals surface area (Å²) in [5, 5.41) is 13.5. The average Bonchev–Trinajstić information content (AvgIpc) is 2.62. The second-order valence-electron chi connectivity index (χ2n) is 4.15. The van der Waals surface area contributed by atoms with Crippen molar-refractivity contribution in [3.63, 3.8) is 0 Å². The summed E-state index contributed by atoms with van der Waals surface area (Å²) in [4.78, 5) is 13.6. The molecule has 0 radical (unpaired) electrons. The van der Waals surface area contributed by atoms with E-state index in [1.165, 1.54) is 11.0 Å². The van der Waals surface area contributed by atoms with Crippen molar-refractivity contribution in [2.45, 2.75) is 13.3 Å². The molecule has 6 heteroatoms. The van der Waals surface area contributed by atoms with Crippen molar-refractivity contribution in [1.82, 2.24) is 10.2 Å². The van der Waals surface area contributed by atoms with Gasteiger partial charge in [-0.3, -0.25) is 9.69 Å². The zero-order valence-corrected chi connectivity index (χ0v) is 11.9. The number of carbonyl (C=O) groups excluding carboxylic acids is 1. The number of phenols is 1. The summed E-state index contributed by atoms with van der Waals surface area (Å²) in [5.41, 5.74) is 0.820. The molecule has 0 unspecified atom stereocenters. The number of amides is 1. The highest BCUT2D eigenvalue weighted by molar-refractivity contribution is 7.80. The van der Waals surface area contributed by atoms with Crippen LogP contribution in [-0.2, 0) is 4.79 Å². The van der Waals surface area contributed by atoms with Crippen molar-refractivity contribution in [1.29, 1.82) is 0 Å². The van der Waals surface area contributed by atoms with Gasteiger partial charge in [0.25, 0.3) is 5.91 Å². The number of halogens is 1. The topological polar surface area (TPSA) is 52.6 Å². The second kappa shape index (κ2) is 5.59. The van der Waals surface area contributed by atoms with Crippen molar-refractivity contribution in [2.24, 2.45) is 0 Å². The van der Waals surface area contributed by atoms with Crippen LogP contribution in [0.15, 0.2) is 23.9 Å². The normalized spacial score (nSPS) is 17.2. The number of phenolic OH excluding ortho intramolecular Hbond substituents is 1. The number of benzene rings is 1. The number of carbonyl (C=O) groups is 1. The molecule has 1 fully saturated rings. The van der Waals surface area contributed by atoms with E-state index in [2.05, 4.69) is 5.32 Å². The van der Waals surface area contributed by atoms with E-state index >= 15 is 0 Å². The molecule has 1 amide bonds. The molecule has 0 atom stereocenters. The van der Waals surface area contributed by atoms with Gasteiger partial charge in [0.05, 0.1) is 0 Å². The molecular weight excluding hydrogens is 284 g/mol. The highest BCUT2D eigenvalue weighted by atomic mass is 35.5. The van der Waals surface area contributed by atoms with Crippen LogP contribution in [0.5, 0.6) is 5.75 Å². The minimum Gasteiger partial charge on any atom is -0.507 e. The fourth-order valence-electron chi connectivity index (χ4n) is 1.79. The Balaban J connectivity index is 2.32. The van der Waals surface area contributed by atoms with Crippen LogP contribution in [0.4, 0.5) is 0 Å². The van der Waals surface area contributed by atoms with Crippen LogP contribution in [0.25, 0.3) is 6.08 Å². The zero-order chi connectivity index (χ0) is 14.0. The highest BCUT2D eigenvalue weighted by Gasteiger charge is 2.29. The fraction of sp³-hybridized carbons (Fsp3) is 0.231. The summed E-state index contributed by atoms with van der Waals surface area (Å²) in [7, 11) is 0. The third kappa shape index (κ3) is 2.88. The predicted octanol–water partition coefficient (Wildman–Crippen LogP) is 2.51. The molecule has 0 saturated carbocycles. The molecule has 0 aliphatic carbocycles. The summed E-state index contributed by atoms with van der Waals surface area (Å²) in [6.45, 7) is 2.55. The van der Waals surface area contributed by atoms with E-state index in [9.17, 15) is 9.90 Å². The van der Waals surface area contributed by atoms with Gasteiger partial charge in [-0.15, -0.1) is 0 Å². The van der Waals surface area contributed by atoms with Gasteiger partial charge < -0.3 is 10.4 Å². The Hall–Kier alpha value is -1.59. The van der Waals surface area contributed by atoms with Crippen molar-refractivity contribution >= 4 is 40.9 Å². The van der Waals surface area contributed by atoms with E-state index in [4.69, 9.17) is 23.8 Å². The Labute approximate surface area is 121 Å². The van der Waals surface area contributed by atoms with Gasteiger partial charge in [0.15, 0.2) is 5.11 Å². The summed E-state index contributed by atoms with van der Waals surface area (Å²) in [6, 6.07) is 4.65. The predicted molar refractivity (Wildman–Crippen MR) is 78.8 cm³/mol. The van der Waals surface area contributed by atoms with Crippen molar-refractivity contribution < 1.29 is 9.90 Å². The maximum Gasteiger partial charge on any atom is 0.276 e. The van der Waals surface area contributed by atoms with E-state index in [0.717, 1.165) is 6.42 Å². The van der Waals surface area contributed by atoms with Crippen LogP contribution in [-0.4, -0.2) is 27.6 Å². The molecule has 1 heterocycles. The molecular formula is C13H13ClN2O2S. The summed E-state index contributed by atoms with van der Waals surface area (Å²) >= 11 is 11.0. The number of rotatable bonds is 3. The standard InChI is InChI=1S/C13H13ClN2O2S/c1-2-5-16-12(18)10(15-13(16)19)7-8-6-9(14)3-4-11(8)17/h3-4,6-7,17H,2,5H2,1H3,(H,15,19)/b10-7+. The molecule has 0 spiro atoms. The molecule has 100 valence electrons.